The van der Waals surface area contributed by atoms with E-state index in [0.717, 1.165) is 22.6 Å². The molecule has 0 spiro atoms. The molecule has 0 radical (unpaired) electrons. The second kappa shape index (κ2) is 4.29. The summed E-state index contributed by atoms with van der Waals surface area (Å²) in [5.41, 5.74) is 3.20. The molecular formula is C12H9ClN2S2. The lowest BCUT2D eigenvalue weighted by Crippen LogP contribution is -1.98. The van der Waals surface area contributed by atoms with Gasteiger partial charge in [0.1, 0.15) is 0 Å². The summed E-state index contributed by atoms with van der Waals surface area (Å²) >= 11 is 13.3. The van der Waals surface area contributed by atoms with E-state index in [0.29, 0.717) is 4.77 Å². The monoisotopic (exact) mass is 280 g/mol. The van der Waals surface area contributed by atoms with Gasteiger partial charge in [0.2, 0.25) is 0 Å². The number of para-hydroxylation sites is 1. The van der Waals surface area contributed by atoms with Gasteiger partial charge in [-0.2, -0.15) is 11.3 Å². The van der Waals surface area contributed by atoms with Crippen molar-refractivity contribution in [1.29, 1.82) is 0 Å². The minimum absolute atomic E-state index is 0.708. The third kappa shape index (κ3) is 1.92. The smallest absolute Gasteiger partial charge is 0.178 e. The molecule has 2 heterocycles. The maximum absolute atomic E-state index is 6.23. The number of H-pyrrole nitrogens is 1. The molecule has 0 saturated carbocycles. The van der Waals surface area contributed by atoms with Crippen molar-refractivity contribution in [2.24, 2.45) is 0 Å². The fourth-order valence-electron chi connectivity index (χ4n) is 1.89. The average molecular weight is 281 g/mol. The van der Waals surface area contributed by atoms with Crippen LogP contribution in [-0.4, -0.2) is 9.55 Å². The van der Waals surface area contributed by atoms with Crippen LogP contribution in [0, 0.1) is 4.77 Å². The molecule has 0 unspecified atom stereocenters. The largest absolute Gasteiger partial charge is 0.331 e. The number of nitrogens with one attached hydrogen (secondary N) is 1. The molecule has 2 aromatic heterocycles. The van der Waals surface area contributed by atoms with Gasteiger partial charge in [0, 0.05) is 0 Å². The summed E-state index contributed by atoms with van der Waals surface area (Å²) in [4.78, 5) is 3.18. The van der Waals surface area contributed by atoms with E-state index in [1.54, 1.807) is 11.3 Å². The van der Waals surface area contributed by atoms with E-state index in [1.807, 2.05) is 22.8 Å². The van der Waals surface area contributed by atoms with Gasteiger partial charge < -0.3 is 9.55 Å². The molecule has 86 valence electrons. The molecule has 0 aliphatic rings. The maximum atomic E-state index is 6.23. The standard InChI is InChI=1S/C12H9ClN2S2/c13-9-2-1-3-10-11(9)15(12(16)14-10)6-8-4-5-17-7-8/h1-5,7H,6H2,(H,14,16). The second-order valence-corrected chi connectivity index (χ2v) is 5.36. The van der Waals surface area contributed by atoms with Gasteiger partial charge in [0.05, 0.1) is 22.6 Å². The zero-order chi connectivity index (χ0) is 11.8. The first-order valence-corrected chi connectivity index (χ1v) is 6.87. The second-order valence-electron chi connectivity index (χ2n) is 3.78. The molecule has 0 fully saturated rings. The highest BCUT2D eigenvalue weighted by atomic mass is 35.5. The van der Waals surface area contributed by atoms with E-state index in [2.05, 4.69) is 21.8 Å². The first kappa shape index (κ1) is 11.0. The number of imidazole rings is 1. The lowest BCUT2D eigenvalue weighted by Gasteiger charge is -2.03. The molecule has 5 heteroatoms. The SMILES string of the molecule is S=c1[nH]c2cccc(Cl)c2n1Cc1ccsc1. The number of benzene rings is 1. The molecular weight excluding hydrogens is 272 g/mol. The van der Waals surface area contributed by atoms with Crippen molar-refractivity contribution in [3.63, 3.8) is 0 Å². The van der Waals surface area contributed by atoms with Gasteiger partial charge in [-0.25, -0.2) is 0 Å². The lowest BCUT2D eigenvalue weighted by atomic mass is 10.3. The molecule has 0 amide bonds. The number of hydrogen-bond acceptors (Lipinski definition) is 2. The Labute approximate surface area is 112 Å². The predicted octanol–water partition coefficient (Wildman–Crippen LogP) is 4.46. The van der Waals surface area contributed by atoms with Crippen LogP contribution in [0.3, 0.4) is 0 Å². The fourth-order valence-corrected chi connectivity index (χ4v) is 3.09. The van der Waals surface area contributed by atoms with Crippen molar-refractivity contribution in [3.8, 4) is 0 Å². The normalized spacial score (nSPS) is 11.1. The number of aromatic amines is 1. The summed E-state index contributed by atoms with van der Waals surface area (Å²) in [5.74, 6) is 0. The summed E-state index contributed by atoms with van der Waals surface area (Å²) in [5, 5.41) is 4.91. The Hall–Kier alpha value is -1.10. The van der Waals surface area contributed by atoms with Crippen LogP contribution in [0.15, 0.2) is 35.0 Å². The molecule has 0 saturated heterocycles. The van der Waals surface area contributed by atoms with E-state index in [-0.39, 0.29) is 0 Å². The van der Waals surface area contributed by atoms with Crippen LogP contribution in [0.1, 0.15) is 5.56 Å². The minimum atomic E-state index is 0.708. The average Bonchev–Trinajstić information content (AvgIpc) is 2.89. The van der Waals surface area contributed by atoms with Crippen molar-refractivity contribution in [3.05, 3.63) is 50.4 Å². The molecule has 17 heavy (non-hydrogen) atoms. The molecule has 1 N–H and O–H groups in total. The number of fused-ring (bicyclic) bond motifs is 1. The predicted molar refractivity (Wildman–Crippen MR) is 75.6 cm³/mol. The van der Waals surface area contributed by atoms with Crippen LogP contribution < -0.4 is 0 Å². The van der Waals surface area contributed by atoms with Crippen LogP contribution in [0.4, 0.5) is 0 Å². The lowest BCUT2D eigenvalue weighted by molar-refractivity contribution is 0.813. The summed E-state index contributed by atoms with van der Waals surface area (Å²) in [6.07, 6.45) is 0. The Morgan fingerprint density at radius 1 is 1.35 bits per heavy atom. The van der Waals surface area contributed by atoms with Gasteiger partial charge in [-0.1, -0.05) is 17.7 Å². The van der Waals surface area contributed by atoms with Crippen molar-refractivity contribution in [2.75, 3.05) is 0 Å². The van der Waals surface area contributed by atoms with Crippen molar-refractivity contribution in [1.82, 2.24) is 9.55 Å². The van der Waals surface area contributed by atoms with Crippen LogP contribution >= 0.6 is 35.2 Å². The Morgan fingerprint density at radius 2 is 2.24 bits per heavy atom. The highest BCUT2D eigenvalue weighted by Crippen LogP contribution is 2.24. The molecule has 3 rings (SSSR count). The van der Waals surface area contributed by atoms with E-state index in [1.165, 1.54) is 5.56 Å². The summed E-state index contributed by atoms with van der Waals surface area (Å²) in [7, 11) is 0. The van der Waals surface area contributed by atoms with Crippen LogP contribution in [0.5, 0.6) is 0 Å². The van der Waals surface area contributed by atoms with Gasteiger partial charge >= 0.3 is 0 Å². The number of hydrogen-bond donors (Lipinski definition) is 1. The minimum Gasteiger partial charge on any atom is -0.331 e. The van der Waals surface area contributed by atoms with Gasteiger partial charge in [0.15, 0.2) is 4.77 Å². The van der Waals surface area contributed by atoms with E-state index in [9.17, 15) is 0 Å². The number of aromatic nitrogens is 2. The van der Waals surface area contributed by atoms with Crippen molar-refractivity contribution >= 4 is 46.2 Å². The van der Waals surface area contributed by atoms with E-state index in [4.69, 9.17) is 23.8 Å². The summed E-state index contributed by atoms with van der Waals surface area (Å²) in [6, 6.07) is 7.89. The van der Waals surface area contributed by atoms with Gasteiger partial charge in [-0.3, -0.25) is 0 Å². The van der Waals surface area contributed by atoms with Crippen molar-refractivity contribution in [2.45, 2.75) is 6.54 Å². The molecule has 0 aliphatic heterocycles. The first-order valence-electron chi connectivity index (χ1n) is 5.14. The van der Waals surface area contributed by atoms with E-state index < -0.39 is 0 Å². The number of halogens is 1. The summed E-state index contributed by atoms with van der Waals surface area (Å²) in [6.45, 7) is 0.756. The quantitative estimate of drug-likeness (QED) is 0.687. The molecule has 1 aromatic carbocycles. The molecule has 0 atom stereocenters. The topological polar surface area (TPSA) is 20.7 Å². The van der Waals surface area contributed by atoms with Crippen LogP contribution in [0.25, 0.3) is 11.0 Å². The van der Waals surface area contributed by atoms with E-state index >= 15 is 0 Å². The van der Waals surface area contributed by atoms with Crippen molar-refractivity contribution < 1.29 is 0 Å². The highest BCUT2D eigenvalue weighted by molar-refractivity contribution is 7.71. The van der Waals surface area contributed by atoms with Crippen LogP contribution in [0.2, 0.25) is 5.02 Å². The Bertz CT molecular complexity index is 710. The highest BCUT2D eigenvalue weighted by Gasteiger charge is 2.08. The van der Waals surface area contributed by atoms with Gasteiger partial charge in [0.25, 0.3) is 0 Å². The first-order chi connectivity index (χ1) is 8.25. The van der Waals surface area contributed by atoms with Gasteiger partial charge in [-0.05, 0) is 46.7 Å². The third-order valence-corrected chi connectivity index (χ3v) is 4.02. The van der Waals surface area contributed by atoms with Crippen LogP contribution in [-0.2, 0) is 6.54 Å². The third-order valence-electron chi connectivity index (χ3n) is 2.66. The molecule has 2 nitrogen and oxygen atoms in total. The summed E-state index contributed by atoms with van der Waals surface area (Å²) < 4.78 is 2.74. The number of rotatable bonds is 2. The Morgan fingerprint density at radius 3 is 3.00 bits per heavy atom. The number of nitrogens with zero attached hydrogens (tertiary/aromatic N) is 1. The Balaban J connectivity index is 2.21. The Kier molecular flexibility index (Phi) is 2.78. The molecule has 3 aromatic rings. The maximum Gasteiger partial charge on any atom is 0.178 e. The molecule has 0 aliphatic carbocycles. The zero-order valence-electron chi connectivity index (χ0n) is 8.81. The zero-order valence-corrected chi connectivity index (χ0v) is 11.2. The number of thiophene rings is 1. The molecule has 0 bridgehead atoms. The van der Waals surface area contributed by atoms with Gasteiger partial charge in [-0.15, -0.1) is 0 Å². The fraction of sp³-hybridized carbons (Fsp3) is 0.0833.